The Labute approximate surface area is 185 Å². The lowest BCUT2D eigenvalue weighted by atomic mass is 9.85. The maximum atomic E-state index is 14.1. The SMILES string of the molecule is COC(=O)/C=C1\CC(c2cccc(F)c2)c2c(n(C(=O)OC(C)(C)C)c3ccccc23)O1. The molecule has 7 heteroatoms. The van der Waals surface area contributed by atoms with Crippen LogP contribution >= 0.6 is 0 Å². The average Bonchev–Trinajstić information content (AvgIpc) is 3.06. The van der Waals surface area contributed by atoms with Gasteiger partial charge < -0.3 is 14.2 Å². The number of esters is 1. The van der Waals surface area contributed by atoms with E-state index in [-0.39, 0.29) is 17.6 Å². The lowest BCUT2D eigenvalue weighted by molar-refractivity contribution is -0.135. The Bertz CT molecular complexity index is 1230. The quantitative estimate of drug-likeness (QED) is 0.389. The lowest BCUT2D eigenvalue weighted by Gasteiger charge is -2.27. The first kappa shape index (κ1) is 21.6. The van der Waals surface area contributed by atoms with Gasteiger partial charge in [0.25, 0.3) is 0 Å². The van der Waals surface area contributed by atoms with Crippen molar-refractivity contribution in [1.29, 1.82) is 0 Å². The second-order valence-corrected chi connectivity index (χ2v) is 8.60. The molecule has 1 unspecified atom stereocenters. The van der Waals surface area contributed by atoms with Crippen LogP contribution in [0.15, 0.2) is 60.4 Å². The molecule has 2 heterocycles. The Kier molecular flexibility index (Phi) is 5.50. The molecule has 1 aliphatic rings. The van der Waals surface area contributed by atoms with Gasteiger partial charge in [-0.3, -0.25) is 0 Å². The summed E-state index contributed by atoms with van der Waals surface area (Å²) in [5.41, 5.74) is 1.32. The van der Waals surface area contributed by atoms with Gasteiger partial charge in [0.1, 0.15) is 17.2 Å². The summed E-state index contributed by atoms with van der Waals surface area (Å²) in [6, 6.07) is 13.7. The standard InChI is InChI=1S/C25H24FNO5/c1-25(2,3)32-24(29)27-20-11-6-5-10-18(20)22-19(15-8-7-9-16(26)12-15)13-17(31-23(22)27)14-21(28)30-4/h5-12,14,19H,13H2,1-4H3/b17-14+. The van der Waals surface area contributed by atoms with Gasteiger partial charge in [-0.2, -0.15) is 0 Å². The van der Waals surface area contributed by atoms with Crippen molar-refractivity contribution in [2.24, 2.45) is 0 Å². The molecule has 4 rings (SSSR count). The molecule has 0 radical (unpaired) electrons. The van der Waals surface area contributed by atoms with Gasteiger partial charge in [0.2, 0.25) is 5.88 Å². The predicted molar refractivity (Wildman–Crippen MR) is 117 cm³/mol. The third kappa shape index (κ3) is 4.10. The summed E-state index contributed by atoms with van der Waals surface area (Å²) in [6.07, 6.45) is 0.937. The van der Waals surface area contributed by atoms with Crippen LogP contribution in [0.1, 0.15) is 44.2 Å². The van der Waals surface area contributed by atoms with Crippen molar-refractivity contribution in [2.45, 2.75) is 38.7 Å². The fraction of sp³-hybridized carbons (Fsp3) is 0.280. The minimum Gasteiger partial charge on any atom is -0.466 e. The normalized spacial score (nSPS) is 17.0. The number of para-hydroxylation sites is 1. The molecule has 3 aromatic rings. The number of ether oxygens (including phenoxy) is 3. The molecule has 0 aliphatic carbocycles. The van der Waals surface area contributed by atoms with Gasteiger partial charge in [-0.1, -0.05) is 30.3 Å². The van der Waals surface area contributed by atoms with Crippen LogP contribution in [0.3, 0.4) is 0 Å². The third-order valence-corrected chi connectivity index (χ3v) is 5.16. The number of carbonyl (C=O) groups is 2. The molecule has 0 saturated carbocycles. The number of aromatic nitrogens is 1. The van der Waals surface area contributed by atoms with E-state index in [1.807, 2.05) is 24.3 Å². The van der Waals surface area contributed by atoms with Crippen molar-refractivity contribution in [3.05, 3.63) is 77.3 Å². The number of benzene rings is 2. The van der Waals surface area contributed by atoms with E-state index in [0.29, 0.717) is 23.3 Å². The zero-order chi connectivity index (χ0) is 23.0. The highest BCUT2D eigenvalue weighted by Gasteiger charge is 2.36. The van der Waals surface area contributed by atoms with E-state index < -0.39 is 17.7 Å². The van der Waals surface area contributed by atoms with E-state index in [4.69, 9.17) is 14.2 Å². The molecule has 0 amide bonds. The zero-order valence-corrected chi connectivity index (χ0v) is 18.3. The second kappa shape index (κ2) is 8.15. The van der Waals surface area contributed by atoms with Gasteiger partial charge in [-0.05, 0) is 44.5 Å². The number of hydrogen-bond acceptors (Lipinski definition) is 5. The van der Waals surface area contributed by atoms with E-state index >= 15 is 0 Å². The van der Waals surface area contributed by atoms with Crippen molar-refractivity contribution in [3.8, 4) is 5.88 Å². The van der Waals surface area contributed by atoms with Crippen molar-refractivity contribution in [1.82, 2.24) is 4.57 Å². The molecular formula is C25H24FNO5. The number of methoxy groups -OCH3 is 1. The maximum Gasteiger partial charge on any atom is 0.421 e. The first-order valence-corrected chi connectivity index (χ1v) is 10.3. The number of allylic oxidation sites excluding steroid dienone is 1. The summed E-state index contributed by atoms with van der Waals surface area (Å²) >= 11 is 0. The Morgan fingerprint density at radius 2 is 1.91 bits per heavy atom. The summed E-state index contributed by atoms with van der Waals surface area (Å²) in [7, 11) is 1.27. The third-order valence-electron chi connectivity index (χ3n) is 5.16. The molecule has 1 aromatic heterocycles. The summed E-state index contributed by atoms with van der Waals surface area (Å²) in [5, 5.41) is 0.791. The van der Waals surface area contributed by atoms with Crippen LogP contribution in [-0.4, -0.2) is 29.3 Å². The number of rotatable bonds is 2. The summed E-state index contributed by atoms with van der Waals surface area (Å²) in [4.78, 5) is 25.1. The van der Waals surface area contributed by atoms with Crippen LogP contribution < -0.4 is 4.74 Å². The number of carbonyl (C=O) groups excluding carboxylic acids is 2. The highest BCUT2D eigenvalue weighted by atomic mass is 19.1. The average molecular weight is 437 g/mol. The topological polar surface area (TPSA) is 66.8 Å². The molecule has 0 N–H and O–H groups in total. The minimum absolute atomic E-state index is 0.246. The fourth-order valence-electron chi connectivity index (χ4n) is 3.92. The van der Waals surface area contributed by atoms with Gasteiger partial charge in [-0.15, -0.1) is 0 Å². The smallest absolute Gasteiger partial charge is 0.421 e. The molecule has 0 bridgehead atoms. The van der Waals surface area contributed by atoms with Crippen LogP contribution in [0.4, 0.5) is 9.18 Å². The summed E-state index contributed by atoms with van der Waals surface area (Å²) < 4.78 is 31.9. The van der Waals surface area contributed by atoms with Gasteiger partial charge in [0, 0.05) is 23.3 Å². The van der Waals surface area contributed by atoms with Crippen LogP contribution in [0.25, 0.3) is 10.9 Å². The number of hydrogen-bond donors (Lipinski definition) is 0. The summed E-state index contributed by atoms with van der Waals surface area (Å²) in [6.45, 7) is 5.34. The van der Waals surface area contributed by atoms with E-state index in [1.54, 1.807) is 32.9 Å². The van der Waals surface area contributed by atoms with E-state index in [0.717, 1.165) is 10.9 Å². The van der Waals surface area contributed by atoms with Crippen LogP contribution in [0.2, 0.25) is 0 Å². The number of fused-ring (bicyclic) bond motifs is 3. The maximum absolute atomic E-state index is 14.1. The van der Waals surface area contributed by atoms with Crippen molar-refractivity contribution in [2.75, 3.05) is 7.11 Å². The molecule has 6 nitrogen and oxygen atoms in total. The minimum atomic E-state index is -0.726. The summed E-state index contributed by atoms with van der Waals surface area (Å²) in [5.74, 6) is -0.743. The molecule has 0 spiro atoms. The van der Waals surface area contributed by atoms with Crippen LogP contribution in [-0.2, 0) is 14.3 Å². The molecule has 1 aliphatic heterocycles. The molecule has 32 heavy (non-hydrogen) atoms. The largest absolute Gasteiger partial charge is 0.466 e. The van der Waals surface area contributed by atoms with Crippen molar-refractivity contribution >= 4 is 23.0 Å². The number of halogens is 1. The van der Waals surface area contributed by atoms with Crippen molar-refractivity contribution < 1.29 is 28.2 Å². The molecule has 2 aromatic carbocycles. The van der Waals surface area contributed by atoms with Gasteiger partial charge in [-0.25, -0.2) is 18.5 Å². The van der Waals surface area contributed by atoms with E-state index in [9.17, 15) is 14.0 Å². The van der Waals surface area contributed by atoms with Crippen molar-refractivity contribution in [3.63, 3.8) is 0 Å². The fourth-order valence-corrected chi connectivity index (χ4v) is 3.92. The molecule has 0 fully saturated rings. The molecule has 166 valence electrons. The number of nitrogens with zero attached hydrogens (tertiary/aromatic N) is 1. The van der Waals surface area contributed by atoms with Crippen LogP contribution in [0.5, 0.6) is 5.88 Å². The van der Waals surface area contributed by atoms with E-state index in [2.05, 4.69) is 0 Å². The van der Waals surface area contributed by atoms with Gasteiger partial charge in [0.05, 0.1) is 18.7 Å². The first-order valence-electron chi connectivity index (χ1n) is 10.3. The highest BCUT2D eigenvalue weighted by molar-refractivity contribution is 5.96. The predicted octanol–water partition coefficient (Wildman–Crippen LogP) is 5.53. The Morgan fingerprint density at radius 3 is 2.59 bits per heavy atom. The van der Waals surface area contributed by atoms with Gasteiger partial charge in [0.15, 0.2) is 0 Å². The Hall–Kier alpha value is -3.61. The Balaban J connectivity index is 1.98. The molecule has 1 atom stereocenters. The molecule has 0 saturated heterocycles. The second-order valence-electron chi connectivity index (χ2n) is 8.60. The monoisotopic (exact) mass is 437 g/mol. The first-order chi connectivity index (χ1) is 15.2. The highest BCUT2D eigenvalue weighted by Crippen LogP contribution is 2.47. The zero-order valence-electron chi connectivity index (χ0n) is 18.3. The van der Waals surface area contributed by atoms with Gasteiger partial charge >= 0.3 is 12.1 Å². The Morgan fingerprint density at radius 1 is 1.16 bits per heavy atom. The lowest BCUT2D eigenvalue weighted by Crippen LogP contribution is -2.28. The van der Waals surface area contributed by atoms with E-state index in [1.165, 1.54) is 29.9 Å². The van der Waals surface area contributed by atoms with Crippen LogP contribution in [0, 0.1) is 5.82 Å². The molecular weight excluding hydrogens is 413 g/mol.